The molecule has 0 spiro atoms. The summed E-state index contributed by atoms with van der Waals surface area (Å²) in [5.74, 6) is -5.75. The summed E-state index contributed by atoms with van der Waals surface area (Å²) < 4.78 is 5.39. The number of rotatable bonds is 3. The number of ether oxygens (including phenoxy) is 1. The molecular formula is C27H28N2O8. The summed E-state index contributed by atoms with van der Waals surface area (Å²) in [6.45, 7) is 1.27. The van der Waals surface area contributed by atoms with Gasteiger partial charge in [0.05, 0.1) is 30.2 Å². The van der Waals surface area contributed by atoms with Crippen molar-refractivity contribution < 1.29 is 39.5 Å². The van der Waals surface area contributed by atoms with E-state index in [1.54, 1.807) is 11.0 Å². The Bertz CT molecular complexity index is 1410. The molecule has 6 rings (SSSR count). The lowest BCUT2D eigenvalue weighted by Crippen LogP contribution is -2.66. The number of fused-ring (bicyclic) bond motifs is 3. The number of aromatic hydroxyl groups is 2. The molecule has 1 amide bonds. The van der Waals surface area contributed by atoms with Gasteiger partial charge in [0, 0.05) is 19.0 Å². The van der Waals surface area contributed by atoms with Crippen LogP contribution >= 0.6 is 0 Å². The Morgan fingerprint density at radius 3 is 2.43 bits per heavy atom. The molecule has 6 N–H and O–H groups in total. The number of Topliss-reactive ketones (excluding diaryl/α,β-unsaturated/α-hetero) is 2. The smallest absolute Gasteiger partial charge is 0.255 e. The van der Waals surface area contributed by atoms with Crippen molar-refractivity contribution in [1.82, 2.24) is 4.90 Å². The molecule has 2 aromatic rings. The highest BCUT2D eigenvalue weighted by Gasteiger charge is 2.62. The minimum Gasteiger partial charge on any atom is -0.508 e. The summed E-state index contributed by atoms with van der Waals surface area (Å²) in [6.07, 6.45) is 2.99. The predicted octanol–water partition coefficient (Wildman–Crippen LogP) is 1.19. The molecule has 1 aliphatic heterocycles. The van der Waals surface area contributed by atoms with Gasteiger partial charge in [-0.2, -0.15) is 0 Å². The summed E-state index contributed by atoms with van der Waals surface area (Å²) in [6, 6.07) is 3.92. The Hall–Kier alpha value is -3.47. The summed E-state index contributed by atoms with van der Waals surface area (Å²) in [5.41, 5.74) is 3.04. The first-order chi connectivity index (χ1) is 17.7. The van der Waals surface area contributed by atoms with Gasteiger partial charge < -0.3 is 30.9 Å². The van der Waals surface area contributed by atoms with Crippen LogP contribution in [0.3, 0.4) is 0 Å². The van der Waals surface area contributed by atoms with Crippen LogP contribution in [0, 0.1) is 5.92 Å². The molecule has 2 aromatic carbocycles. The lowest BCUT2D eigenvalue weighted by atomic mass is 9.61. The second-order valence-electron chi connectivity index (χ2n) is 10.4. The van der Waals surface area contributed by atoms with Gasteiger partial charge in [0.2, 0.25) is 5.78 Å². The number of amides is 1. The van der Waals surface area contributed by atoms with Crippen molar-refractivity contribution in [2.24, 2.45) is 11.7 Å². The number of nitrogens with zero attached hydrogens (tertiary/aromatic N) is 1. The third-order valence-corrected chi connectivity index (χ3v) is 8.64. The Morgan fingerprint density at radius 1 is 1.11 bits per heavy atom. The average Bonchev–Trinajstić information content (AvgIpc) is 2.82. The van der Waals surface area contributed by atoms with Crippen LogP contribution in [0.2, 0.25) is 0 Å². The first-order valence-electron chi connectivity index (χ1n) is 12.5. The minimum absolute atomic E-state index is 0.0370. The van der Waals surface area contributed by atoms with Crippen molar-refractivity contribution in [2.75, 3.05) is 26.3 Å². The number of hydrogen-bond acceptors (Lipinski definition) is 9. The maximum atomic E-state index is 14.0. The van der Waals surface area contributed by atoms with Gasteiger partial charge >= 0.3 is 0 Å². The standard InChI is InChI=1S/C27H28N2O8/c28-26(35)20-23(32)21(29-6-8-37-9-7-29)16-11-13-10-15-14(12-2-1-3-12)4-5-17(30)19(15)22(31)18(13)24(33)27(16,36)25(20)34/h4-5,10,12,16,21,30-31,34,36H,1-3,6-9,11H2,(H2,28,35). The number of carbonyl (C=O) groups is 3. The fraction of sp³-hybridized carbons (Fsp3) is 0.444. The predicted molar refractivity (Wildman–Crippen MR) is 130 cm³/mol. The van der Waals surface area contributed by atoms with E-state index in [2.05, 4.69) is 0 Å². The number of phenolic OH excluding ortho intramolecular Hbond substituents is 2. The molecule has 0 bridgehead atoms. The number of aliphatic hydroxyl groups excluding tert-OH is 1. The summed E-state index contributed by atoms with van der Waals surface area (Å²) in [4.78, 5) is 41.4. The number of morpholine rings is 1. The van der Waals surface area contributed by atoms with Crippen LogP contribution in [-0.4, -0.2) is 80.7 Å². The molecule has 1 saturated carbocycles. The third-order valence-electron chi connectivity index (χ3n) is 8.64. The molecule has 10 nitrogen and oxygen atoms in total. The van der Waals surface area contributed by atoms with E-state index in [4.69, 9.17) is 10.5 Å². The first kappa shape index (κ1) is 23.9. The van der Waals surface area contributed by atoms with Crippen LogP contribution in [-0.2, 0) is 20.7 Å². The van der Waals surface area contributed by atoms with E-state index < -0.39 is 52.1 Å². The third kappa shape index (κ3) is 3.19. The molecule has 0 aromatic heterocycles. The van der Waals surface area contributed by atoms with Crippen molar-refractivity contribution in [3.8, 4) is 11.5 Å². The van der Waals surface area contributed by atoms with E-state index in [0.717, 1.165) is 24.8 Å². The summed E-state index contributed by atoms with van der Waals surface area (Å²) in [7, 11) is 0. The number of hydrogen-bond donors (Lipinski definition) is 5. The number of ketones is 2. The largest absolute Gasteiger partial charge is 0.508 e. The second-order valence-corrected chi connectivity index (χ2v) is 10.4. The Kier molecular flexibility index (Phi) is 5.34. The Balaban J connectivity index is 1.59. The van der Waals surface area contributed by atoms with Crippen molar-refractivity contribution >= 4 is 28.2 Å². The number of primary amides is 1. The van der Waals surface area contributed by atoms with Crippen molar-refractivity contribution in [1.29, 1.82) is 0 Å². The van der Waals surface area contributed by atoms with Crippen LogP contribution in [0.4, 0.5) is 0 Å². The van der Waals surface area contributed by atoms with E-state index in [0.29, 0.717) is 37.3 Å². The van der Waals surface area contributed by atoms with Gasteiger partial charge in [-0.1, -0.05) is 12.5 Å². The van der Waals surface area contributed by atoms with Crippen molar-refractivity contribution in [2.45, 2.75) is 43.2 Å². The lowest BCUT2D eigenvalue weighted by molar-refractivity contribution is -0.136. The van der Waals surface area contributed by atoms with Gasteiger partial charge in [0.1, 0.15) is 22.8 Å². The molecule has 3 atom stereocenters. The maximum absolute atomic E-state index is 14.0. The number of carbonyl (C=O) groups excluding carboxylic acids is 3. The number of nitrogens with two attached hydrogens (primary N) is 1. The maximum Gasteiger partial charge on any atom is 0.255 e. The van der Waals surface area contributed by atoms with Crippen molar-refractivity contribution in [3.63, 3.8) is 0 Å². The topological polar surface area (TPSA) is 171 Å². The van der Waals surface area contributed by atoms with E-state index in [1.165, 1.54) is 6.07 Å². The fourth-order valence-electron chi connectivity index (χ4n) is 6.56. The Labute approximate surface area is 211 Å². The molecule has 0 radical (unpaired) electrons. The molecule has 3 aliphatic carbocycles. The summed E-state index contributed by atoms with van der Waals surface area (Å²) >= 11 is 0. The van der Waals surface area contributed by atoms with Gasteiger partial charge in [-0.15, -0.1) is 0 Å². The minimum atomic E-state index is -2.67. The molecule has 194 valence electrons. The van der Waals surface area contributed by atoms with Gasteiger partial charge in [-0.25, -0.2) is 0 Å². The van der Waals surface area contributed by atoms with Gasteiger partial charge in [-0.3, -0.25) is 19.3 Å². The van der Waals surface area contributed by atoms with Crippen molar-refractivity contribution in [3.05, 3.63) is 46.2 Å². The number of aliphatic hydroxyl groups is 2. The highest BCUT2D eigenvalue weighted by Crippen LogP contribution is 2.51. The van der Waals surface area contributed by atoms with Crippen LogP contribution < -0.4 is 5.73 Å². The molecule has 4 aliphatic rings. The Morgan fingerprint density at radius 2 is 1.81 bits per heavy atom. The monoisotopic (exact) mass is 508 g/mol. The molecule has 10 heteroatoms. The summed E-state index contributed by atoms with van der Waals surface area (Å²) in [5, 5.41) is 45.5. The van der Waals surface area contributed by atoms with Gasteiger partial charge in [-0.05, 0) is 53.8 Å². The molecule has 37 heavy (non-hydrogen) atoms. The van der Waals surface area contributed by atoms with E-state index in [9.17, 15) is 34.8 Å². The zero-order valence-corrected chi connectivity index (χ0v) is 20.1. The van der Waals surface area contributed by atoms with Gasteiger partial charge in [0.15, 0.2) is 11.4 Å². The molecule has 1 heterocycles. The molecule has 3 unspecified atom stereocenters. The second kappa shape index (κ2) is 8.27. The average molecular weight is 509 g/mol. The number of phenols is 2. The SMILES string of the molecule is NC(=O)C1=C(O)C2(O)C(=O)c3c(cc4c(C5CCC5)ccc(O)c4c3O)CC2C(N2CCOCC2)C1=O. The van der Waals surface area contributed by atoms with E-state index >= 15 is 0 Å². The van der Waals surface area contributed by atoms with Crippen LogP contribution in [0.5, 0.6) is 11.5 Å². The highest BCUT2D eigenvalue weighted by atomic mass is 16.5. The number of benzene rings is 2. The normalized spacial score (nSPS) is 28.7. The zero-order valence-electron chi connectivity index (χ0n) is 20.1. The molecular weight excluding hydrogens is 480 g/mol. The first-order valence-corrected chi connectivity index (χ1v) is 12.5. The lowest BCUT2D eigenvalue weighted by Gasteiger charge is -2.49. The molecule has 2 fully saturated rings. The van der Waals surface area contributed by atoms with Gasteiger partial charge in [0.25, 0.3) is 5.91 Å². The highest BCUT2D eigenvalue weighted by molar-refractivity contribution is 6.25. The van der Waals surface area contributed by atoms with Crippen LogP contribution in [0.15, 0.2) is 29.5 Å². The fourth-order valence-corrected chi connectivity index (χ4v) is 6.56. The van der Waals surface area contributed by atoms with Crippen LogP contribution in [0.25, 0.3) is 10.8 Å². The molecule has 1 saturated heterocycles. The quantitative estimate of drug-likeness (QED) is 0.382. The zero-order chi connectivity index (χ0) is 26.2. The van der Waals surface area contributed by atoms with E-state index in [-0.39, 0.29) is 29.0 Å². The van der Waals surface area contributed by atoms with Crippen LogP contribution in [0.1, 0.15) is 46.7 Å². The van der Waals surface area contributed by atoms with E-state index in [1.807, 2.05) is 6.07 Å².